The maximum Gasteiger partial charge on any atom is 0.227 e. The molecule has 0 radical (unpaired) electrons. The summed E-state index contributed by atoms with van der Waals surface area (Å²) in [7, 11) is 0. The number of benzene rings is 2. The predicted molar refractivity (Wildman–Crippen MR) is 111 cm³/mol. The van der Waals surface area contributed by atoms with Gasteiger partial charge >= 0.3 is 0 Å². The Bertz CT molecular complexity index is 1020. The third-order valence-electron chi connectivity index (χ3n) is 5.51. The Morgan fingerprint density at radius 2 is 1.97 bits per heavy atom. The molecule has 0 saturated carbocycles. The fraction of sp³-hybridized carbons (Fsp3) is 0.304. The number of halogens is 2. The number of carbonyl (C=O) groups is 1. The number of imidazole rings is 1. The number of aromatic nitrogens is 2. The molecule has 150 valence electrons. The molecule has 3 aromatic rings. The highest BCUT2D eigenvalue weighted by Gasteiger charge is 2.33. The molecule has 1 fully saturated rings. The fourth-order valence-corrected chi connectivity index (χ4v) is 4.17. The smallest absolute Gasteiger partial charge is 0.227 e. The molecular formula is C23H23ClFN3O. The number of amides is 1. The van der Waals surface area contributed by atoms with Crippen molar-refractivity contribution in [3.05, 3.63) is 88.2 Å². The van der Waals surface area contributed by atoms with Crippen molar-refractivity contribution in [3.8, 4) is 0 Å². The van der Waals surface area contributed by atoms with E-state index in [-0.39, 0.29) is 24.2 Å². The average molecular weight is 412 g/mol. The molecule has 29 heavy (non-hydrogen) atoms. The summed E-state index contributed by atoms with van der Waals surface area (Å²) in [6.07, 6.45) is 3.96. The van der Waals surface area contributed by atoms with E-state index in [9.17, 15) is 9.18 Å². The van der Waals surface area contributed by atoms with Gasteiger partial charge in [0.2, 0.25) is 5.91 Å². The molecule has 1 aliphatic rings. The molecule has 2 heterocycles. The van der Waals surface area contributed by atoms with Crippen molar-refractivity contribution in [2.75, 3.05) is 6.54 Å². The van der Waals surface area contributed by atoms with Crippen LogP contribution in [0.5, 0.6) is 0 Å². The van der Waals surface area contributed by atoms with Crippen LogP contribution >= 0.6 is 11.6 Å². The maximum atomic E-state index is 13.2. The van der Waals surface area contributed by atoms with Crippen molar-refractivity contribution in [3.63, 3.8) is 0 Å². The van der Waals surface area contributed by atoms with E-state index in [1.807, 2.05) is 42.3 Å². The van der Waals surface area contributed by atoms with Gasteiger partial charge in [-0.1, -0.05) is 41.9 Å². The van der Waals surface area contributed by atoms with Crippen LogP contribution in [0.25, 0.3) is 0 Å². The minimum atomic E-state index is -0.247. The number of rotatable bonds is 5. The minimum Gasteiger partial charge on any atom is -0.332 e. The first-order valence-corrected chi connectivity index (χ1v) is 10.2. The third-order valence-corrected chi connectivity index (χ3v) is 5.88. The molecule has 1 saturated heterocycles. The highest BCUT2D eigenvalue weighted by Crippen LogP contribution is 2.33. The van der Waals surface area contributed by atoms with Gasteiger partial charge in [-0.2, -0.15) is 0 Å². The lowest BCUT2D eigenvalue weighted by molar-refractivity contribution is -0.131. The van der Waals surface area contributed by atoms with Crippen LogP contribution in [0.3, 0.4) is 0 Å². The lowest BCUT2D eigenvalue weighted by atomic mass is 10.1. The quantitative estimate of drug-likeness (QED) is 0.596. The first-order chi connectivity index (χ1) is 14.0. The summed E-state index contributed by atoms with van der Waals surface area (Å²) < 4.78 is 15.4. The van der Waals surface area contributed by atoms with E-state index < -0.39 is 0 Å². The molecule has 0 N–H and O–H groups in total. The number of hydrogen-bond donors (Lipinski definition) is 0. The van der Waals surface area contributed by atoms with Gasteiger partial charge in [-0.05, 0) is 49.1 Å². The summed E-state index contributed by atoms with van der Waals surface area (Å²) in [5.74, 6) is 0.704. The second-order valence-electron chi connectivity index (χ2n) is 7.48. The number of carbonyl (C=O) groups excluding carboxylic acids is 1. The monoisotopic (exact) mass is 411 g/mol. The number of likely N-dealkylation sites (tertiary alicyclic amines) is 1. The zero-order chi connectivity index (χ0) is 20.4. The van der Waals surface area contributed by atoms with E-state index in [0.29, 0.717) is 11.6 Å². The standard InChI is InChI=1S/C23H23ClFN3O/c1-16-14-26-23(28(16)15-17-8-10-19(25)11-9-17)21-7-4-12-27(21)22(29)13-18-5-2-3-6-20(18)24/h2-3,5-6,8-11,14,21H,4,7,12-13,15H2,1H3. The summed E-state index contributed by atoms with van der Waals surface area (Å²) in [5.41, 5.74) is 2.87. The summed E-state index contributed by atoms with van der Waals surface area (Å²) >= 11 is 6.24. The van der Waals surface area contributed by atoms with Gasteiger partial charge in [-0.15, -0.1) is 0 Å². The van der Waals surface area contributed by atoms with Crippen LogP contribution in [0, 0.1) is 12.7 Å². The predicted octanol–water partition coefficient (Wildman–Crippen LogP) is 4.94. The molecule has 6 heteroatoms. The largest absolute Gasteiger partial charge is 0.332 e. The van der Waals surface area contributed by atoms with Gasteiger partial charge in [0.25, 0.3) is 0 Å². The molecule has 0 bridgehead atoms. The molecule has 1 aromatic heterocycles. The summed E-state index contributed by atoms with van der Waals surface area (Å²) in [6, 6.07) is 13.9. The van der Waals surface area contributed by atoms with E-state index >= 15 is 0 Å². The van der Waals surface area contributed by atoms with Crippen molar-refractivity contribution in [2.45, 2.75) is 38.8 Å². The normalized spacial score (nSPS) is 16.4. The number of aryl methyl sites for hydroxylation is 1. The van der Waals surface area contributed by atoms with Crippen LogP contribution in [-0.2, 0) is 17.8 Å². The number of hydrogen-bond acceptors (Lipinski definition) is 2. The Kier molecular flexibility index (Phi) is 5.67. The summed E-state index contributed by atoms with van der Waals surface area (Å²) in [5, 5.41) is 0.616. The lowest BCUT2D eigenvalue weighted by Crippen LogP contribution is -2.33. The van der Waals surface area contributed by atoms with Gasteiger partial charge in [-0.25, -0.2) is 9.37 Å². The van der Waals surface area contributed by atoms with Gasteiger partial charge in [0.05, 0.1) is 12.5 Å². The zero-order valence-corrected chi connectivity index (χ0v) is 17.1. The Morgan fingerprint density at radius 3 is 2.72 bits per heavy atom. The van der Waals surface area contributed by atoms with Gasteiger partial charge in [0.15, 0.2) is 0 Å². The number of nitrogens with zero attached hydrogens (tertiary/aromatic N) is 3. The third kappa shape index (κ3) is 4.20. The second-order valence-corrected chi connectivity index (χ2v) is 7.89. The molecule has 1 aliphatic heterocycles. The molecule has 4 rings (SSSR count). The van der Waals surface area contributed by atoms with Crippen molar-refractivity contribution in [1.82, 2.24) is 14.5 Å². The molecule has 0 spiro atoms. The van der Waals surface area contributed by atoms with E-state index in [1.165, 1.54) is 12.1 Å². The average Bonchev–Trinajstić information content (AvgIpc) is 3.32. The Morgan fingerprint density at radius 1 is 1.21 bits per heavy atom. The highest BCUT2D eigenvalue weighted by atomic mass is 35.5. The SMILES string of the molecule is Cc1cnc(C2CCCN2C(=O)Cc2ccccc2Cl)n1Cc1ccc(F)cc1. The van der Waals surface area contributed by atoms with Crippen molar-refractivity contribution in [2.24, 2.45) is 0 Å². The van der Waals surface area contributed by atoms with Crippen molar-refractivity contribution < 1.29 is 9.18 Å². The van der Waals surface area contributed by atoms with Crippen molar-refractivity contribution in [1.29, 1.82) is 0 Å². The van der Waals surface area contributed by atoms with Crippen LogP contribution in [0.4, 0.5) is 4.39 Å². The van der Waals surface area contributed by atoms with Crippen LogP contribution < -0.4 is 0 Å². The van der Waals surface area contributed by atoms with E-state index in [0.717, 1.165) is 42.0 Å². The van der Waals surface area contributed by atoms with E-state index in [4.69, 9.17) is 11.6 Å². The van der Waals surface area contributed by atoms with Gasteiger partial charge in [-0.3, -0.25) is 4.79 Å². The Balaban J connectivity index is 1.57. The van der Waals surface area contributed by atoms with E-state index in [2.05, 4.69) is 9.55 Å². The molecule has 2 aromatic carbocycles. The zero-order valence-electron chi connectivity index (χ0n) is 16.3. The summed E-state index contributed by atoms with van der Waals surface area (Å²) in [4.78, 5) is 19.6. The minimum absolute atomic E-state index is 0.0564. The first kappa shape index (κ1) is 19.6. The van der Waals surface area contributed by atoms with Crippen molar-refractivity contribution >= 4 is 17.5 Å². The topological polar surface area (TPSA) is 38.1 Å². The van der Waals surface area contributed by atoms with Gasteiger partial charge in [0.1, 0.15) is 11.6 Å². The Hall–Kier alpha value is -2.66. The Labute approximate surface area is 174 Å². The maximum absolute atomic E-state index is 13.2. The van der Waals surface area contributed by atoms with Gasteiger partial charge < -0.3 is 9.47 Å². The lowest BCUT2D eigenvalue weighted by Gasteiger charge is -2.26. The molecular weight excluding hydrogens is 389 g/mol. The van der Waals surface area contributed by atoms with Crippen LogP contribution in [0.1, 0.15) is 41.5 Å². The molecule has 1 unspecified atom stereocenters. The van der Waals surface area contributed by atoms with Crippen LogP contribution in [0.2, 0.25) is 5.02 Å². The first-order valence-electron chi connectivity index (χ1n) is 9.82. The molecule has 4 nitrogen and oxygen atoms in total. The second kappa shape index (κ2) is 8.37. The fourth-order valence-electron chi connectivity index (χ4n) is 3.96. The van der Waals surface area contributed by atoms with Gasteiger partial charge in [0, 0.05) is 30.0 Å². The van der Waals surface area contributed by atoms with Crippen LogP contribution in [0.15, 0.2) is 54.7 Å². The molecule has 0 aliphatic carbocycles. The molecule has 1 amide bonds. The van der Waals surface area contributed by atoms with Crippen LogP contribution in [-0.4, -0.2) is 26.9 Å². The summed E-state index contributed by atoms with van der Waals surface area (Å²) in [6.45, 7) is 3.33. The van der Waals surface area contributed by atoms with E-state index in [1.54, 1.807) is 12.1 Å². The highest BCUT2D eigenvalue weighted by molar-refractivity contribution is 6.31. The molecule has 1 atom stereocenters.